The van der Waals surface area contributed by atoms with Crippen LogP contribution in [-0.2, 0) is 0 Å². The first kappa shape index (κ1) is 10.8. The van der Waals surface area contributed by atoms with Crippen LogP contribution in [0.1, 0.15) is 12.8 Å². The van der Waals surface area contributed by atoms with E-state index in [2.05, 4.69) is 15.0 Å². The molecule has 0 saturated heterocycles. The maximum atomic E-state index is 5.75. The first-order chi connectivity index (χ1) is 8.72. The van der Waals surface area contributed by atoms with Gasteiger partial charge in [-0.2, -0.15) is 9.98 Å². The Morgan fingerprint density at radius 3 is 2.78 bits per heavy atom. The van der Waals surface area contributed by atoms with Gasteiger partial charge in [-0.3, -0.25) is 0 Å². The predicted molar refractivity (Wildman–Crippen MR) is 69.6 cm³/mol. The summed E-state index contributed by atoms with van der Waals surface area (Å²) in [6.07, 6.45) is 2.15. The van der Waals surface area contributed by atoms with Crippen molar-refractivity contribution in [3.63, 3.8) is 0 Å². The topological polar surface area (TPSA) is 103 Å². The second-order valence-corrected chi connectivity index (χ2v) is 4.25. The van der Waals surface area contributed by atoms with Crippen LogP contribution in [0.25, 0.3) is 11.1 Å². The minimum absolute atomic E-state index is 0.0750. The van der Waals surface area contributed by atoms with Gasteiger partial charge in [-0.05, 0) is 25.0 Å². The lowest BCUT2D eigenvalue weighted by molar-refractivity contribution is 0.613. The molecule has 6 nitrogen and oxygen atoms in total. The lowest BCUT2D eigenvalue weighted by Crippen LogP contribution is -2.20. The number of amidine groups is 1. The Balaban J connectivity index is 1.87. The van der Waals surface area contributed by atoms with Crippen LogP contribution >= 0.6 is 0 Å². The number of nitrogens with two attached hydrogens (primary N) is 2. The predicted octanol–water partition coefficient (Wildman–Crippen LogP) is 1.54. The number of fused-ring (bicyclic) bond motifs is 1. The normalized spacial score (nSPS) is 17.3. The van der Waals surface area contributed by atoms with Crippen molar-refractivity contribution in [2.75, 3.05) is 0 Å². The Labute approximate surface area is 103 Å². The molecule has 1 aliphatic rings. The van der Waals surface area contributed by atoms with Crippen molar-refractivity contribution in [1.82, 2.24) is 4.98 Å². The summed E-state index contributed by atoms with van der Waals surface area (Å²) in [6, 6.07) is 7.61. The molecule has 1 saturated carbocycles. The van der Waals surface area contributed by atoms with Crippen molar-refractivity contribution >= 4 is 28.9 Å². The molecule has 0 radical (unpaired) electrons. The third-order valence-electron chi connectivity index (χ3n) is 2.73. The molecule has 6 heteroatoms. The minimum Gasteiger partial charge on any atom is -0.422 e. The maximum Gasteiger partial charge on any atom is 0.326 e. The highest BCUT2D eigenvalue weighted by Gasteiger charge is 2.25. The van der Waals surface area contributed by atoms with Crippen LogP contribution in [0.4, 0.5) is 6.01 Å². The van der Waals surface area contributed by atoms with Gasteiger partial charge < -0.3 is 15.9 Å². The highest BCUT2D eigenvalue weighted by molar-refractivity contribution is 5.97. The third kappa shape index (κ3) is 2.17. The van der Waals surface area contributed by atoms with Crippen molar-refractivity contribution < 1.29 is 4.42 Å². The van der Waals surface area contributed by atoms with Crippen LogP contribution in [0.3, 0.4) is 0 Å². The monoisotopic (exact) mass is 243 g/mol. The van der Waals surface area contributed by atoms with Gasteiger partial charge in [0.2, 0.25) is 5.96 Å². The molecule has 1 heterocycles. The fourth-order valence-electron chi connectivity index (χ4n) is 1.63. The zero-order chi connectivity index (χ0) is 12.5. The van der Waals surface area contributed by atoms with Crippen LogP contribution in [0.2, 0.25) is 0 Å². The van der Waals surface area contributed by atoms with Gasteiger partial charge in [0.15, 0.2) is 5.58 Å². The van der Waals surface area contributed by atoms with Gasteiger partial charge in [0.1, 0.15) is 11.4 Å². The quantitative estimate of drug-likeness (QED) is 0.616. The van der Waals surface area contributed by atoms with Gasteiger partial charge in [-0.25, -0.2) is 4.99 Å². The zero-order valence-electron chi connectivity index (χ0n) is 9.71. The lowest BCUT2D eigenvalue weighted by Gasteiger charge is -1.95. The van der Waals surface area contributed by atoms with E-state index in [9.17, 15) is 0 Å². The largest absolute Gasteiger partial charge is 0.422 e. The number of guanidine groups is 1. The number of aliphatic imine (C=N–C) groups is 2. The summed E-state index contributed by atoms with van der Waals surface area (Å²) in [6.45, 7) is 0. The van der Waals surface area contributed by atoms with Crippen LogP contribution < -0.4 is 11.5 Å². The summed E-state index contributed by atoms with van der Waals surface area (Å²) in [4.78, 5) is 12.2. The first-order valence-corrected chi connectivity index (χ1v) is 5.76. The first-order valence-electron chi connectivity index (χ1n) is 5.76. The van der Waals surface area contributed by atoms with E-state index in [0.717, 1.165) is 18.4 Å². The summed E-state index contributed by atoms with van der Waals surface area (Å²) < 4.78 is 5.41. The number of nitrogens with zero attached hydrogens (tertiary/aromatic N) is 3. The minimum atomic E-state index is 0.0750. The molecule has 0 atom stereocenters. The summed E-state index contributed by atoms with van der Waals surface area (Å²) in [5, 5.41) is 0. The van der Waals surface area contributed by atoms with Crippen LogP contribution in [-0.4, -0.2) is 16.8 Å². The van der Waals surface area contributed by atoms with E-state index in [-0.39, 0.29) is 12.0 Å². The van der Waals surface area contributed by atoms with E-state index >= 15 is 0 Å². The SMILES string of the molecule is N/C(=N\C(N)=N\c1nc2ccccc2o1)C1CC1. The van der Waals surface area contributed by atoms with Crippen molar-refractivity contribution in [2.45, 2.75) is 12.8 Å². The summed E-state index contributed by atoms with van der Waals surface area (Å²) in [7, 11) is 0. The van der Waals surface area contributed by atoms with E-state index in [4.69, 9.17) is 15.9 Å². The Kier molecular flexibility index (Phi) is 2.47. The molecule has 1 aromatic carbocycles. The number of benzene rings is 1. The van der Waals surface area contributed by atoms with Crippen molar-refractivity contribution in [3.05, 3.63) is 24.3 Å². The fourth-order valence-corrected chi connectivity index (χ4v) is 1.63. The molecule has 0 bridgehead atoms. The van der Waals surface area contributed by atoms with Gasteiger partial charge in [-0.1, -0.05) is 12.1 Å². The Morgan fingerprint density at radius 1 is 1.28 bits per heavy atom. The van der Waals surface area contributed by atoms with Crippen LogP contribution in [0.15, 0.2) is 38.7 Å². The van der Waals surface area contributed by atoms with Crippen molar-refractivity contribution in [3.8, 4) is 0 Å². The number of para-hydroxylation sites is 2. The van der Waals surface area contributed by atoms with E-state index in [0.29, 0.717) is 17.3 Å². The summed E-state index contributed by atoms with van der Waals surface area (Å²) in [5.74, 6) is 0.973. The Bertz CT molecular complexity index is 606. The molecule has 0 spiro atoms. The standard InChI is InChI=1S/C12H13N5O/c13-10(7-5-6-7)16-11(14)17-12-15-8-3-1-2-4-9(8)18-12/h1-4,7H,5-6H2,(H4,13,14,15,16,17). The number of hydrogen-bond acceptors (Lipinski definition) is 3. The zero-order valence-corrected chi connectivity index (χ0v) is 9.71. The number of oxazole rings is 1. The average Bonchev–Trinajstić information content (AvgIpc) is 3.10. The number of rotatable bonds is 2. The van der Waals surface area contributed by atoms with Crippen molar-refractivity contribution in [2.24, 2.45) is 27.4 Å². The second kappa shape index (κ2) is 4.14. The highest BCUT2D eigenvalue weighted by Crippen LogP contribution is 2.28. The van der Waals surface area contributed by atoms with E-state index in [1.807, 2.05) is 24.3 Å². The van der Waals surface area contributed by atoms with Crippen LogP contribution in [0, 0.1) is 5.92 Å². The molecule has 4 N–H and O–H groups in total. The molecule has 3 rings (SSSR count). The van der Waals surface area contributed by atoms with Gasteiger partial charge in [0, 0.05) is 5.92 Å². The lowest BCUT2D eigenvalue weighted by atomic mass is 10.3. The molecular weight excluding hydrogens is 230 g/mol. The molecule has 1 aromatic heterocycles. The van der Waals surface area contributed by atoms with Crippen molar-refractivity contribution in [1.29, 1.82) is 0 Å². The molecule has 18 heavy (non-hydrogen) atoms. The molecule has 1 aliphatic carbocycles. The van der Waals surface area contributed by atoms with Crippen LogP contribution in [0.5, 0.6) is 0 Å². The van der Waals surface area contributed by atoms with Gasteiger partial charge >= 0.3 is 6.01 Å². The van der Waals surface area contributed by atoms with Gasteiger partial charge in [-0.15, -0.1) is 0 Å². The summed E-state index contributed by atoms with van der Waals surface area (Å²) >= 11 is 0. The number of hydrogen-bond donors (Lipinski definition) is 2. The second-order valence-electron chi connectivity index (χ2n) is 4.25. The maximum absolute atomic E-state index is 5.75. The Morgan fingerprint density at radius 2 is 2.06 bits per heavy atom. The van der Waals surface area contributed by atoms with E-state index in [1.54, 1.807) is 0 Å². The average molecular weight is 243 g/mol. The highest BCUT2D eigenvalue weighted by atomic mass is 16.4. The van der Waals surface area contributed by atoms with E-state index in [1.165, 1.54) is 0 Å². The smallest absolute Gasteiger partial charge is 0.326 e. The van der Waals surface area contributed by atoms with Gasteiger partial charge in [0.25, 0.3) is 0 Å². The third-order valence-corrected chi connectivity index (χ3v) is 2.73. The molecular formula is C12H13N5O. The number of aromatic nitrogens is 1. The molecule has 2 aromatic rings. The molecule has 1 fully saturated rings. The van der Waals surface area contributed by atoms with E-state index < -0.39 is 0 Å². The van der Waals surface area contributed by atoms with Gasteiger partial charge in [0.05, 0.1) is 0 Å². The molecule has 0 unspecified atom stereocenters. The molecule has 0 amide bonds. The fraction of sp³-hybridized carbons (Fsp3) is 0.250. The summed E-state index contributed by atoms with van der Waals surface area (Å²) in [5.41, 5.74) is 12.8. The molecule has 92 valence electrons. The molecule has 0 aliphatic heterocycles. The Hall–Kier alpha value is -2.37.